The van der Waals surface area contributed by atoms with Crippen LogP contribution in [0.5, 0.6) is 0 Å². The number of morpholine rings is 1. The second-order valence-corrected chi connectivity index (χ2v) is 13.0. The molecule has 0 radical (unpaired) electrons. The number of anilines is 3. The van der Waals surface area contributed by atoms with Gasteiger partial charge in [0.05, 0.1) is 19.3 Å². The van der Waals surface area contributed by atoms with Crippen LogP contribution in [0.4, 0.5) is 22.1 Å². The largest absolute Gasteiger partial charge is 0.381 e. The number of rotatable bonds is 7. The Kier molecular flexibility index (Phi) is 10.3. The van der Waals surface area contributed by atoms with Gasteiger partial charge in [-0.1, -0.05) is 0 Å². The van der Waals surface area contributed by atoms with Crippen LogP contribution < -0.4 is 15.5 Å². The number of carbonyl (C=O) groups excluding carboxylic acids is 2. The molecule has 3 aliphatic heterocycles. The summed E-state index contributed by atoms with van der Waals surface area (Å²) in [7, 11) is 0. The highest BCUT2D eigenvalue weighted by Gasteiger charge is 2.29. The van der Waals surface area contributed by atoms with Gasteiger partial charge in [0.1, 0.15) is 5.82 Å². The highest BCUT2D eigenvalue weighted by Crippen LogP contribution is 2.29. The summed E-state index contributed by atoms with van der Waals surface area (Å²) in [4.78, 5) is 47.1. The molecule has 6 rings (SSSR count). The van der Waals surface area contributed by atoms with Crippen molar-refractivity contribution in [2.45, 2.75) is 64.6 Å². The van der Waals surface area contributed by atoms with E-state index in [1.807, 2.05) is 29.2 Å². The molecule has 2 N–H and O–H groups in total. The molecular formula is C35H46N8O4. The van der Waals surface area contributed by atoms with Crippen molar-refractivity contribution in [2.24, 2.45) is 0 Å². The Bertz CT molecular complexity index is 1530. The summed E-state index contributed by atoms with van der Waals surface area (Å²) in [6.07, 6.45) is 1.77. The molecule has 0 bridgehead atoms. The lowest BCUT2D eigenvalue weighted by Gasteiger charge is -2.42. The number of urea groups is 1. The van der Waals surface area contributed by atoms with Gasteiger partial charge in [0.15, 0.2) is 5.82 Å². The minimum atomic E-state index is -0.374. The summed E-state index contributed by atoms with van der Waals surface area (Å²) in [5, 5.41) is 5.75. The lowest BCUT2D eigenvalue weighted by atomic mass is 9.99. The zero-order chi connectivity index (χ0) is 32.9. The fourth-order valence-electron chi connectivity index (χ4n) is 6.60. The zero-order valence-electron chi connectivity index (χ0n) is 27.8. The van der Waals surface area contributed by atoms with Crippen molar-refractivity contribution >= 4 is 29.3 Å². The van der Waals surface area contributed by atoms with E-state index in [1.165, 1.54) is 0 Å². The molecule has 250 valence electrons. The van der Waals surface area contributed by atoms with Crippen molar-refractivity contribution in [3.8, 4) is 11.4 Å². The first-order valence-corrected chi connectivity index (χ1v) is 16.8. The van der Waals surface area contributed by atoms with Gasteiger partial charge < -0.3 is 29.9 Å². The smallest absolute Gasteiger partial charge is 0.323 e. The van der Waals surface area contributed by atoms with E-state index in [2.05, 4.69) is 48.1 Å². The normalized spacial score (nSPS) is 21.1. The molecule has 1 aromatic heterocycles. The van der Waals surface area contributed by atoms with Crippen molar-refractivity contribution in [2.75, 3.05) is 68.1 Å². The molecule has 0 aliphatic carbocycles. The number of aromatic nitrogens is 3. The summed E-state index contributed by atoms with van der Waals surface area (Å²) in [5.41, 5.74) is 2.69. The Labute approximate surface area is 276 Å². The molecule has 2 aromatic carbocycles. The van der Waals surface area contributed by atoms with Gasteiger partial charge in [-0.2, -0.15) is 9.97 Å². The molecule has 47 heavy (non-hydrogen) atoms. The molecule has 0 saturated carbocycles. The minimum Gasteiger partial charge on any atom is -0.381 e. The highest BCUT2D eigenvalue weighted by molar-refractivity contribution is 6.00. The molecule has 3 amide bonds. The van der Waals surface area contributed by atoms with Gasteiger partial charge in [-0.05, 0) is 89.1 Å². The van der Waals surface area contributed by atoms with Crippen LogP contribution in [0.1, 0.15) is 62.6 Å². The Morgan fingerprint density at radius 1 is 0.809 bits per heavy atom. The van der Waals surface area contributed by atoms with Crippen molar-refractivity contribution in [1.82, 2.24) is 24.8 Å². The average Bonchev–Trinajstić information content (AvgIpc) is 3.09. The number of ether oxygens (including phenoxy) is 2. The first-order valence-electron chi connectivity index (χ1n) is 16.8. The SMILES string of the molecule is CC1COCCN1c1nc(-c2ccc(NC(=O)Nc3ccc(C(=O)N4CCN(C(C)C)C(C)C4)cc3)cc2)nc(C2CCOCC2)n1. The first-order chi connectivity index (χ1) is 22.7. The molecule has 2 unspecified atom stereocenters. The van der Waals surface area contributed by atoms with E-state index in [4.69, 9.17) is 24.4 Å². The van der Waals surface area contributed by atoms with Gasteiger partial charge in [0.25, 0.3) is 5.91 Å². The fourth-order valence-corrected chi connectivity index (χ4v) is 6.60. The molecule has 4 heterocycles. The second-order valence-electron chi connectivity index (χ2n) is 13.0. The number of carbonyl (C=O) groups is 2. The monoisotopic (exact) mass is 642 g/mol. The number of hydrogen-bond donors (Lipinski definition) is 2. The van der Waals surface area contributed by atoms with Crippen LogP contribution in [0, 0.1) is 0 Å². The van der Waals surface area contributed by atoms with Crippen molar-refractivity contribution in [1.29, 1.82) is 0 Å². The van der Waals surface area contributed by atoms with E-state index in [0.717, 1.165) is 37.3 Å². The van der Waals surface area contributed by atoms with Gasteiger partial charge in [0.2, 0.25) is 5.95 Å². The van der Waals surface area contributed by atoms with Crippen molar-refractivity contribution in [3.05, 3.63) is 59.9 Å². The molecule has 3 aromatic rings. The van der Waals surface area contributed by atoms with E-state index in [0.29, 0.717) is 80.3 Å². The van der Waals surface area contributed by atoms with Crippen molar-refractivity contribution in [3.63, 3.8) is 0 Å². The summed E-state index contributed by atoms with van der Waals surface area (Å²) >= 11 is 0. The van der Waals surface area contributed by atoms with Crippen LogP contribution in [0.25, 0.3) is 11.4 Å². The van der Waals surface area contributed by atoms with Crippen LogP contribution in [-0.4, -0.2) is 107 Å². The Balaban J connectivity index is 1.09. The molecule has 3 saturated heterocycles. The molecule has 2 atom stereocenters. The van der Waals surface area contributed by atoms with Crippen molar-refractivity contribution < 1.29 is 19.1 Å². The molecule has 12 nitrogen and oxygen atoms in total. The Morgan fingerprint density at radius 2 is 1.49 bits per heavy atom. The number of hydrogen-bond acceptors (Lipinski definition) is 9. The van der Waals surface area contributed by atoms with Crippen LogP contribution in [0.15, 0.2) is 48.5 Å². The Morgan fingerprint density at radius 3 is 2.13 bits per heavy atom. The summed E-state index contributed by atoms with van der Waals surface area (Å²) in [6, 6.07) is 15.1. The third-order valence-corrected chi connectivity index (χ3v) is 9.27. The lowest BCUT2D eigenvalue weighted by molar-refractivity contribution is 0.0426. The van der Waals surface area contributed by atoms with Gasteiger partial charge in [0, 0.05) is 79.9 Å². The van der Waals surface area contributed by atoms with Crippen LogP contribution in [0.2, 0.25) is 0 Å². The molecule has 12 heteroatoms. The van der Waals surface area contributed by atoms with Crippen LogP contribution in [0.3, 0.4) is 0 Å². The van der Waals surface area contributed by atoms with E-state index in [9.17, 15) is 9.59 Å². The Hall–Kier alpha value is -4.13. The van der Waals surface area contributed by atoms with E-state index < -0.39 is 0 Å². The van der Waals surface area contributed by atoms with E-state index in [-0.39, 0.29) is 23.9 Å². The highest BCUT2D eigenvalue weighted by atomic mass is 16.5. The van der Waals surface area contributed by atoms with Gasteiger partial charge >= 0.3 is 6.03 Å². The summed E-state index contributed by atoms with van der Waals surface area (Å²) in [6.45, 7) is 14.3. The first kappa shape index (κ1) is 32.8. The van der Waals surface area contributed by atoms with E-state index in [1.54, 1.807) is 24.3 Å². The molecule has 3 aliphatic rings. The fraction of sp³-hybridized carbons (Fsp3) is 0.514. The standard InChI is InChI=1S/C35H46N8O4/c1-23(2)42-16-15-41(21-24(42)3)33(44)28-7-11-30(12-8-28)37-35(45)36-29-9-5-26(6-10-29)31-38-32(27-13-18-46-19-14-27)40-34(39-31)43-17-20-47-22-25(43)4/h5-12,23-25,27H,13-22H2,1-4H3,(H2,36,37,45). The summed E-state index contributed by atoms with van der Waals surface area (Å²) < 4.78 is 11.2. The van der Waals surface area contributed by atoms with Crippen LogP contribution in [-0.2, 0) is 9.47 Å². The number of benzene rings is 2. The lowest BCUT2D eigenvalue weighted by Crippen LogP contribution is -2.55. The topological polar surface area (TPSA) is 125 Å². The maximum Gasteiger partial charge on any atom is 0.323 e. The van der Waals surface area contributed by atoms with Gasteiger partial charge in [-0.15, -0.1) is 0 Å². The minimum absolute atomic E-state index is 0.0148. The number of amides is 3. The van der Waals surface area contributed by atoms with E-state index >= 15 is 0 Å². The molecular weight excluding hydrogens is 596 g/mol. The number of nitrogens with one attached hydrogen (secondary N) is 2. The predicted octanol–water partition coefficient (Wildman–Crippen LogP) is 4.86. The third kappa shape index (κ3) is 7.89. The van der Waals surface area contributed by atoms with Gasteiger partial charge in [-0.3, -0.25) is 9.69 Å². The third-order valence-electron chi connectivity index (χ3n) is 9.27. The number of piperazine rings is 1. The average molecular weight is 643 g/mol. The quantitative estimate of drug-likeness (QED) is 0.372. The predicted molar refractivity (Wildman–Crippen MR) is 182 cm³/mol. The summed E-state index contributed by atoms with van der Waals surface area (Å²) in [5.74, 6) is 2.31. The zero-order valence-corrected chi connectivity index (χ0v) is 27.8. The van der Waals surface area contributed by atoms with Gasteiger partial charge in [-0.25, -0.2) is 9.78 Å². The van der Waals surface area contributed by atoms with Crippen LogP contribution >= 0.6 is 0 Å². The molecule has 0 spiro atoms. The number of nitrogens with zero attached hydrogens (tertiary/aromatic N) is 6. The maximum absolute atomic E-state index is 13.1. The maximum atomic E-state index is 13.1. The second kappa shape index (κ2) is 14.7. The molecule has 3 fully saturated rings.